The smallest absolute Gasteiger partial charge is 0.325 e. The van der Waals surface area contributed by atoms with Crippen LogP contribution in [0.15, 0.2) is 0 Å². The Morgan fingerprint density at radius 3 is 2.71 bits per heavy atom. The number of aliphatic carboxylic acids is 1. The van der Waals surface area contributed by atoms with Crippen LogP contribution in [0.4, 0.5) is 0 Å². The molecule has 1 saturated heterocycles. The molecule has 1 aliphatic rings. The fourth-order valence-corrected chi connectivity index (χ4v) is 1.82. The number of ether oxygens (including phenoxy) is 1. The lowest BCUT2D eigenvalue weighted by atomic mass is 10.0. The van der Waals surface area contributed by atoms with E-state index in [1.54, 1.807) is 7.11 Å². The number of carboxylic acid groups (broad SMARTS) is 1. The SMILES string of the molecule is COC(C)CCC(=O)N1CCC(N)(C(=O)O)C1. The maximum Gasteiger partial charge on any atom is 0.325 e. The van der Waals surface area contributed by atoms with E-state index in [9.17, 15) is 9.59 Å². The normalized spacial score (nSPS) is 25.9. The summed E-state index contributed by atoms with van der Waals surface area (Å²) >= 11 is 0. The van der Waals surface area contributed by atoms with Crippen LogP contribution >= 0.6 is 0 Å². The molecule has 0 aliphatic carbocycles. The standard InChI is InChI=1S/C11H20N2O4/c1-8(17-2)3-4-9(14)13-6-5-11(12,7-13)10(15)16/h8H,3-7,12H2,1-2H3,(H,15,16). The molecule has 17 heavy (non-hydrogen) atoms. The summed E-state index contributed by atoms with van der Waals surface area (Å²) in [7, 11) is 1.60. The second-order valence-corrected chi connectivity index (χ2v) is 4.61. The van der Waals surface area contributed by atoms with Crippen molar-refractivity contribution >= 4 is 11.9 Å². The van der Waals surface area contributed by atoms with Gasteiger partial charge in [-0.2, -0.15) is 0 Å². The molecule has 3 N–H and O–H groups in total. The summed E-state index contributed by atoms with van der Waals surface area (Å²) in [4.78, 5) is 24.2. The van der Waals surface area contributed by atoms with Gasteiger partial charge in [0.25, 0.3) is 0 Å². The molecule has 2 unspecified atom stereocenters. The van der Waals surface area contributed by atoms with E-state index in [1.807, 2.05) is 6.92 Å². The third kappa shape index (κ3) is 3.41. The Kier molecular flexibility index (Phi) is 4.47. The highest BCUT2D eigenvalue weighted by Crippen LogP contribution is 2.20. The number of hydrogen-bond acceptors (Lipinski definition) is 4. The van der Waals surface area contributed by atoms with Crippen LogP contribution in [0.25, 0.3) is 0 Å². The highest BCUT2D eigenvalue weighted by Gasteiger charge is 2.42. The molecule has 0 saturated carbocycles. The number of likely N-dealkylation sites (tertiary alicyclic amines) is 1. The minimum absolute atomic E-state index is 0.0312. The van der Waals surface area contributed by atoms with Gasteiger partial charge in [0.1, 0.15) is 5.54 Å². The maximum absolute atomic E-state index is 11.8. The molecular weight excluding hydrogens is 224 g/mol. The highest BCUT2D eigenvalue weighted by molar-refractivity contribution is 5.83. The Morgan fingerprint density at radius 1 is 1.59 bits per heavy atom. The van der Waals surface area contributed by atoms with Gasteiger partial charge in [0.15, 0.2) is 0 Å². The lowest BCUT2D eigenvalue weighted by Gasteiger charge is -2.20. The van der Waals surface area contributed by atoms with Crippen LogP contribution in [-0.4, -0.2) is 53.7 Å². The molecule has 0 aromatic rings. The predicted molar refractivity (Wildman–Crippen MR) is 61.5 cm³/mol. The first-order valence-corrected chi connectivity index (χ1v) is 5.72. The predicted octanol–water partition coefficient (Wildman–Crippen LogP) is -0.184. The van der Waals surface area contributed by atoms with Gasteiger partial charge in [-0.1, -0.05) is 0 Å². The average molecular weight is 244 g/mol. The van der Waals surface area contributed by atoms with Crippen molar-refractivity contribution in [1.29, 1.82) is 0 Å². The Balaban J connectivity index is 2.43. The Labute approximate surface area is 101 Å². The largest absolute Gasteiger partial charge is 0.480 e. The summed E-state index contributed by atoms with van der Waals surface area (Å²) in [6.07, 6.45) is 1.35. The fraction of sp³-hybridized carbons (Fsp3) is 0.818. The second kappa shape index (κ2) is 5.46. The van der Waals surface area contributed by atoms with Crippen LogP contribution in [0, 0.1) is 0 Å². The minimum Gasteiger partial charge on any atom is -0.480 e. The van der Waals surface area contributed by atoms with Gasteiger partial charge in [-0.3, -0.25) is 9.59 Å². The fourth-order valence-electron chi connectivity index (χ4n) is 1.82. The molecule has 0 bridgehead atoms. The number of carbonyl (C=O) groups excluding carboxylic acids is 1. The first-order valence-electron chi connectivity index (χ1n) is 5.72. The van der Waals surface area contributed by atoms with Gasteiger partial charge < -0.3 is 20.5 Å². The zero-order valence-electron chi connectivity index (χ0n) is 10.3. The summed E-state index contributed by atoms with van der Waals surface area (Å²) in [6, 6.07) is 0. The quantitative estimate of drug-likeness (QED) is 0.699. The van der Waals surface area contributed by atoms with E-state index in [0.29, 0.717) is 25.8 Å². The molecule has 1 amide bonds. The average Bonchev–Trinajstić information content (AvgIpc) is 2.69. The van der Waals surface area contributed by atoms with Crippen molar-refractivity contribution in [2.45, 2.75) is 37.8 Å². The lowest BCUT2D eigenvalue weighted by Crippen LogP contribution is -2.50. The summed E-state index contributed by atoms with van der Waals surface area (Å²) in [5, 5.41) is 8.95. The zero-order valence-corrected chi connectivity index (χ0v) is 10.3. The number of hydrogen-bond donors (Lipinski definition) is 2. The number of carboxylic acids is 1. The molecule has 1 aliphatic heterocycles. The summed E-state index contributed by atoms with van der Waals surface area (Å²) < 4.78 is 5.05. The summed E-state index contributed by atoms with van der Waals surface area (Å²) in [5.74, 6) is -1.10. The first kappa shape index (κ1) is 13.9. The van der Waals surface area contributed by atoms with Crippen molar-refractivity contribution < 1.29 is 19.4 Å². The van der Waals surface area contributed by atoms with Crippen LogP contribution in [0.2, 0.25) is 0 Å². The van der Waals surface area contributed by atoms with Crippen LogP contribution in [-0.2, 0) is 14.3 Å². The van der Waals surface area contributed by atoms with Crippen molar-refractivity contribution in [3.05, 3.63) is 0 Å². The molecule has 2 atom stereocenters. The van der Waals surface area contributed by atoms with Gasteiger partial charge in [-0.15, -0.1) is 0 Å². The van der Waals surface area contributed by atoms with Crippen LogP contribution in [0.5, 0.6) is 0 Å². The summed E-state index contributed by atoms with van der Waals surface area (Å²) in [5.41, 5.74) is 4.42. The number of nitrogens with zero attached hydrogens (tertiary/aromatic N) is 1. The van der Waals surface area contributed by atoms with Crippen molar-refractivity contribution in [2.24, 2.45) is 5.73 Å². The van der Waals surface area contributed by atoms with Gasteiger partial charge in [-0.25, -0.2) is 0 Å². The van der Waals surface area contributed by atoms with E-state index in [4.69, 9.17) is 15.6 Å². The minimum atomic E-state index is -1.28. The third-order valence-electron chi connectivity index (χ3n) is 3.25. The zero-order chi connectivity index (χ0) is 13.1. The van der Waals surface area contributed by atoms with Gasteiger partial charge >= 0.3 is 5.97 Å². The van der Waals surface area contributed by atoms with E-state index < -0.39 is 11.5 Å². The molecule has 0 spiro atoms. The molecule has 6 heteroatoms. The van der Waals surface area contributed by atoms with Crippen molar-refractivity contribution in [3.8, 4) is 0 Å². The van der Waals surface area contributed by atoms with E-state index in [2.05, 4.69) is 0 Å². The molecule has 6 nitrogen and oxygen atoms in total. The summed E-state index contributed by atoms with van der Waals surface area (Å²) in [6.45, 7) is 2.41. The number of methoxy groups -OCH3 is 1. The van der Waals surface area contributed by atoms with Crippen LogP contribution in [0.1, 0.15) is 26.2 Å². The van der Waals surface area contributed by atoms with Crippen LogP contribution < -0.4 is 5.73 Å². The van der Waals surface area contributed by atoms with E-state index in [1.165, 1.54) is 4.90 Å². The molecule has 0 aromatic carbocycles. The molecule has 0 radical (unpaired) electrons. The van der Waals surface area contributed by atoms with Gasteiger partial charge in [0.2, 0.25) is 5.91 Å². The van der Waals surface area contributed by atoms with Gasteiger partial charge in [0, 0.05) is 26.6 Å². The van der Waals surface area contributed by atoms with Gasteiger partial charge in [-0.05, 0) is 19.8 Å². The molecule has 98 valence electrons. The molecule has 0 aromatic heterocycles. The number of rotatable bonds is 5. The second-order valence-electron chi connectivity index (χ2n) is 4.61. The monoisotopic (exact) mass is 244 g/mol. The third-order valence-corrected chi connectivity index (χ3v) is 3.25. The van der Waals surface area contributed by atoms with E-state index in [0.717, 1.165) is 0 Å². The van der Waals surface area contributed by atoms with Gasteiger partial charge in [0.05, 0.1) is 6.10 Å². The van der Waals surface area contributed by atoms with Crippen LogP contribution in [0.3, 0.4) is 0 Å². The Bertz CT molecular complexity index is 308. The Hall–Kier alpha value is -1.14. The Morgan fingerprint density at radius 2 is 2.24 bits per heavy atom. The van der Waals surface area contributed by atoms with E-state index >= 15 is 0 Å². The molecule has 1 fully saturated rings. The molecule has 1 heterocycles. The molecule has 1 rings (SSSR count). The van der Waals surface area contributed by atoms with E-state index in [-0.39, 0.29) is 18.6 Å². The maximum atomic E-state index is 11.8. The number of nitrogens with two attached hydrogens (primary N) is 1. The van der Waals surface area contributed by atoms with Crippen molar-refractivity contribution in [3.63, 3.8) is 0 Å². The number of carbonyl (C=O) groups is 2. The highest BCUT2D eigenvalue weighted by atomic mass is 16.5. The topological polar surface area (TPSA) is 92.9 Å². The number of amides is 1. The lowest BCUT2D eigenvalue weighted by molar-refractivity contribution is -0.143. The molecular formula is C11H20N2O4. The first-order chi connectivity index (χ1) is 7.89. The van der Waals surface area contributed by atoms with Crippen molar-refractivity contribution in [1.82, 2.24) is 4.90 Å². The van der Waals surface area contributed by atoms with Crippen molar-refractivity contribution in [2.75, 3.05) is 20.2 Å².